The maximum Gasteiger partial charge on any atom is 0.257 e. The molecule has 0 aromatic heterocycles. The van der Waals surface area contributed by atoms with Crippen molar-refractivity contribution in [2.24, 2.45) is 5.14 Å². The zero-order valence-corrected chi connectivity index (χ0v) is 18.9. The predicted octanol–water partition coefficient (Wildman–Crippen LogP) is 2.63. The summed E-state index contributed by atoms with van der Waals surface area (Å²) in [7, 11) is -3.99. The van der Waals surface area contributed by atoms with Gasteiger partial charge in [0.2, 0.25) is 10.0 Å². The molecule has 2 fully saturated rings. The second-order valence-electron chi connectivity index (χ2n) is 8.28. The van der Waals surface area contributed by atoms with E-state index in [1.807, 2.05) is 11.0 Å². The monoisotopic (exact) mass is 472 g/mol. The van der Waals surface area contributed by atoms with E-state index >= 15 is 0 Å². The molecular formula is C23H25FN4O4S. The molecule has 0 spiro atoms. The summed E-state index contributed by atoms with van der Waals surface area (Å²) >= 11 is 0. The lowest BCUT2D eigenvalue weighted by Crippen LogP contribution is -2.49. The number of rotatable bonds is 5. The number of nitrogens with zero attached hydrogens (tertiary/aromatic N) is 3. The maximum atomic E-state index is 14.4. The second kappa shape index (κ2) is 9.37. The highest BCUT2D eigenvalue weighted by Crippen LogP contribution is 2.30. The molecule has 4 rings (SSSR count). The van der Waals surface area contributed by atoms with Crippen molar-refractivity contribution in [3.05, 3.63) is 53.3 Å². The molecule has 0 radical (unpaired) electrons. The van der Waals surface area contributed by atoms with Gasteiger partial charge in [-0.2, -0.15) is 5.26 Å². The van der Waals surface area contributed by atoms with Crippen molar-refractivity contribution < 1.29 is 22.3 Å². The molecular weight excluding hydrogens is 447 g/mol. The first kappa shape index (κ1) is 23.0. The first-order chi connectivity index (χ1) is 15.8. The lowest BCUT2D eigenvalue weighted by Gasteiger charge is -2.36. The number of ether oxygens (including phenoxy) is 1. The van der Waals surface area contributed by atoms with Crippen LogP contribution in [-0.4, -0.2) is 51.5 Å². The Morgan fingerprint density at radius 1 is 1.09 bits per heavy atom. The number of sulfonamides is 1. The van der Waals surface area contributed by atoms with Gasteiger partial charge in [0.1, 0.15) is 11.6 Å². The summed E-state index contributed by atoms with van der Waals surface area (Å²) in [6, 6.07) is 10.3. The van der Waals surface area contributed by atoms with Gasteiger partial charge in [0.05, 0.1) is 33.9 Å². The Morgan fingerprint density at radius 3 is 2.39 bits per heavy atom. The van der Waals surface area contributed by atoms with Crippen LogP contribution in [0.4, 0.5) is 10.1 Å². The van der Waals surface area contributed by atoms with Gasteiger partial charge in [0, 0.05) is 26.2 Å². The SMILES string of the molecule is N#Cc1ccc(N2CCN(C(=O)c3cc(S(N)(=O)=O)ccc3OC3CCCC3)CC2)c(F)c1. The Morgan fingerprint density at radius 2 is 1.79 bits per heavy atom. The number of hydrogen-bond donors (Lipinski definition) is 1. The van der Waals surface area contributed by atoms with E-state index in [9.17, 15) is 17.6 Å². The highest BCUT2D eigenvalue weighted by atomic mass is 32.2. The Hall–Kier alpha value is -3.16. The van der Waals surface area contributed by atoms with E-state index in [1.54, 1.807) is 17.0 Å². The van der Waals surface area contributed by atoms with Gasteiger partial charge in [-0.1, -0.05) is 0 Å². The summed E-state index contributed by atoms with van der Waals surface area (Å²) in [5, 5.41) is 14.2. The molecule has 1 amide bonds. The molecule has 8 nitrogen and oxygen atoms in total. The average molecular weight is 473 g/mol. The molecule has 1 saturated carbocycles. The van der Waals surface area contributed by atoms with Crippen molar-refractivity contribution in [3.63, 3.8) is 0 Å². The van der Waals surface area contributed by atoms with Gasteiger partial charge in [0.25, 0.3) is 5.91 Å². The van der Waals surface area contributed by atoms with Crippen LogP contribution in [0.2, 0.25) is 0 Å². The molecule has 0 unspecified atom stereocenters. The number of nitrogens with two attached hydrogens (primary N) is 1. The summed E-state index contributed by atoms with van der Waals surface area (Å²) in [4.78, 5) is 16.6. The predicted molar refractivity (Wildman–Crippen MR) is 120 cm³/mol. The molecule has 2 aromatic rings. The first-order valence-corrected chi connectivity index (χ1v) is 12.4. The molecule has 0 bridgehead atoms. The van der Waals surface area contributed by atoms with Crippen LogP contribution in [0.3, 0.4) is 0 Å². The van der Waals surface area contributed by atoms with E-state index < -0.39 is 15.8 Å². The van der Waals surface area contributed by atoms with Gasteiger partial charge in [-0.3, -0.25) is 4.79 Å². The summed E-state index contributed by atoms with van der Waals surface area (Å²) in [6.07, 6.45) is 3.88. The Balaban J connectivity index is 1.53. The summed E-state index contributed by atoms with van der Waals surface area (Å²) in [5.74, 6) is -0.491. The third-order valence-electron chi connectivity index (χ3n) is 6.09. The summed E-state index contributed by atoms with van der Waals surface area (Å²) < 4.78 is 44.2. The van der Waals surface area contributed by atoms with Crippen LogP contribution in [0.5, 0.6) is 5.75 Å². The van der Waals surface area contributed by atoms with E-state index in [-0.39, 0.29) is 28.0 Å². The largest absolute Gasteiger partial charge is 0.490 e. The molecule has 2 aromatic carbocycles. The van der Waals surface area contributed by atoms with Gasteiger partial charge in [-0.25, -0.2) is 17.9 Å². The number of carbonyl (C=O) groups is 1. The van der Waals surface area contributed by atoms with Crippen molar-refractivity contribution in [2.75, 3.05) is 31.1 Å². The fourth-order valence-corrected chi connectivity index (χ4v) is 4.84. The first-order valence-electron chi connectivity index (χ1n) is 10.8. The van der Waals surface area contributed by atoms with E-state index in [0.29, 0.717) is 37.6 Å². The minimum Gasteiger partial charge on any atom is -0.490 e. The molecule has 2 aliphatic rings. The normalized spacial score (nSPS) is 17.1. The van der Waals surface area contributed by atoms with Crippen LogP contribution < -0.4 is 14.8 Å². The number of hydrogen-bond acceptors (Lipinski definition) is 6. The van der Waals surface area contributed by atoms with Crippen LogP contribution in [0.1, 0.15) is 41.6 Å². The van der Waals surface area contributed by atoms with Crippen molar-refractivity contribution in [1.29, 1.82) is 5.26 Å². The molecule has 0 atom stereocenters. The number of piperazine rings is 1. The number of primary sulfonamides is 1. The third kappa shape index (κ3) is 5.10. The van der Waals surface area contributed by atoms with Gasteiger partial charge in [-0.05, 0) is 62.1 Å². The summed E-state index contributed by atoms with van der Waals surface area (Å²) in [5.41, 5.74) is 0.781. The minimum atomic E-state index is -3.99. The lowest BCUT2D eigenvalue weighted by atomic mass is 10.1. The molecule has 1 aliphatic heterocycles. The smallest absolute Gasteiger partial charge is 0.257 e. The quantitative estimate of drug-likeness (QED) is 0.715. The topological polar surface area (TPSA) is 117 Å². The number of nitriles is 1. The number of halogens is 1. The lowest BCUT2D eigenvalue weighted by molar-refractivity contribution is 0.0739. The second-order valence-corrected chi connectivity index (χ2v) is 9.85. The molecule has 33 heavy (non-hydrogen) atoms. The Labute approximate surface area is 192 Å². The van der Waals surface area contributed by atoms with Crippen molar-refractivity contribution in [2.45, 2.75) is 36.7 Å². The van der Waals surface area contributed by atoms with Crippen molar-refractivity contribution in [3.8, 4) is 11.8 Å². The van der Waals surface area contributed by atoms with Crippen molar-refractivity contribution >= 4 is 21.6 Å². The molecule has 1 aliphatic carbocycles. The molecule has 1 saturated heterocycles. The standard InChI is InChI=1S/C23H25FN4O4S/c24-20-13-16(15-25)5-7-21(20)27-9-11-28(12-10-27)23(29)19-14-18(33(26,30)31)6-8-22(19)32-17-3-1-2-4-17/h5-8,13-14,17H,1-4,9-12H2,(H2,26,30,31). The zero-order chi connectivity index (χ0) is 23.6. The van der Waals surface area contributed by atoms with E-state index in [4.69, 9.17) is 15.1 Å². The highest BCUT2D eigenvalue weighted by molar-refractivity contribution is 7.89. The van der Waals surface area contributed by atoms with E-state index in [1.165, 1.54) is 24.3 Å². The Kier molecular flexibility index (Phi) is 6.54. The number of amides is 1. The minimum absolute atomic E-state index is 0.00640. The molecule has 174 valence electrons. The fourth-order valence-electron chi connectivity index (χ4n) is 4.30. The van der Waals surface area contributed by atoms with Crippen molar-refractivity contribution in [1.82, 2.24) is 4.90 Å². The Bertz CT molecular complexity index is 1200. The van der Waals surface area contributed by atoms with Gasteiger partial charge in [-0.15, -0.1) is 0 Å². The highest BCUT2D eigenvalue weighted by Gasteiger charge is 2.28. The van der Waals surface area contributed by atoms with Gasteiger partial charge in [0.15, 0.2) is 0 Å². The third-order valence-corrected chi connectivity index (χ3v) is 7.00. The van der Waals surface area contributed by atoms with Crippen LogP contribution >= 0.6 is 0 Å². The molecule has 2 N–H and O–H groups in total. The maximum absolute atomic E-state index is 14.4. The number of benzene rings is 2. The summed E-state index contributed by atoms with van der Waals surface area (Å²) in [6.45, 7) is 1.42. The van der Waals surface area contributed by atoms with Crippen LogP contribution in [0.25, 0.3) is 0 Å². The van der Waals surface area contributed by atoms with Crippen LogP contribution in [0, 0.1) is 17.1 Å². The van der Waals surface area contributed by atoms with E-state index in [2.05, 4.69) is 0 Å². The van der Waals surface area contributed by atoms with Gasteiger partial charge >= 0.3 is 0 Å². The zero-order valence-electron chi connectivity index (χ0n) is 18.0. The molecule has 10 heteroatoms. The van der Waals surface area contributed by atoms with Gasteiger partial charge < -0.3 is 14.5 Å². The van der Waals surface area contributed by atoms with Crippen LogP contribution in [0.15, 0.2) is 41.3 Å². The fraction of sp³-hybridized carbons (Fsp3) is 0.391. The molecule has 1 heterocycles. The average Bonchev–Trinajstić information content (AvgIpc) is 3.31. The van der Waals surface area contributed by atoms with Crippen LogP contribution in [-0.2, 0) is 10.0 Å². The number of carbonyl (C=O) groups excluding carboxylic acids is 1. The number of anilines is 1. The van der Waals surface area contributed by atoms with E-state index in [0.717, 1.165) is 25.7 Å².